The highest BCUT2D eigenvalue weighted by molar-refractivity contribution is 5.92. The van der Waals surface area contributed by atoms with Crippen LogP contribution in [0, 0.1) is 17.3 Å². The molecule has 178 valence electrons. The number of epoxide rings is 3. The standard InChI is InChI=1S/C24H28O9/c1-10(2)22-17(32-22)18-24(33-18)21(3)7-6-11-12(9-29-19(11)28)13(21)8-14-23(24,31-14)20(22)30-16(27)5-4-15(25)26/h10,13-14,17-18,20H,4-9H2,1-3H3,(H,25,26)/t13-,14-,17-,18-,20+,21+,22-,23+,24+/m0/s1. The second-order valence-electron chi connectivity index (χ2n) is 11.3. The van der Waals surface area contributed by atoms with Crippen molar-refractivity contribution < 1.29 is 43.2 Å². The van der Waals surface area contributed by atoms with Crippen LogP contribution >= 0.6 is 0 Å². The summed E-state index contributed by atoms with van der Waals surface area (Å²) in [6, 6.07) is 0. The van der Waals surface area contributed by atoms with E-state index in [0.29, 0.717) is 19.4 Å². The van der Waals surface area contributed by atoms with Crippen molar-refractivity contribution in [2.75, 3.05) is 6.61 Å². The molecule has 0 radical (unpaired) electrons. The van der Waals surface area contributed by atoms with Crippen LogP contribution in [0.4, 0.5) is 0 Å². The van der Waals surface area contributed by atoms with Crippen LogP contribution in [0.5, 0.6) is 0 Å². The summed E-state index contributed by atoms with van der Waals surface area (Å²) in [6.07, 6.45) is 0.464. The molecule has 33 heavy (non-hydrogen) atoms. The van der Waals surface area contributed by atoms with Gasteiger partial charge in [0.25, 0.3) is 0 Å². The number of hydrogen-bond donors (Lipinski definition) is 1. The zero-order valence-electron chi connectivity index (χ0n) is 18.9. The maximum atomic E-state index is 12.7. The molecule has 2 spiro atoms. The number of hydrogen-bond acceptors (Lipinski definition) is 8. The minimum Gasteiger partial charge on any atom is -0.481 e. The molecule has 3 aliphatic carbocycles. The maximum absolute atomic E-state index is 12.7. The molecule has 0 unspecified atom stereocenters. The van der Waals surface area contributed by atoms with Crippen LogP contribution in [0.1, 0.15) is 52.9 Å². The third-order valence-corrected chi connectivity index (χ3v) is 9.86. The molecule has 0 aromatic rings. The molecule has 0 bridgehead atoms. The van der Waals surface area contributed by atoms with Crippen molar-refractivity contribution in [2.45, 2.75) is 94.1 Å². The van der Waals surface area contributed by atoms with Crippen molar-refractivity contribution in [3.8, 4) is 0 Å². The molecule has 5 fully saturated rings. The number of carboxylic acid groups (broad SMARTS) is 1. The largest absolute Gasteiger partial charge is 0.481 e. The van der Waals surface area contributed by atoms with Gasteiger partial charge in [0.05, 0.1) is 18.9 Å². The quantitative estimate of drug-likeness (QED) is 0.480. The molecule has 1 N–H and O–H groups in total. The van der Waals surface area contributed by atoms with Gasteiger partial charge >= 0.3 is 17.9 Å². The number of esters is 2. The van der Waals surface area contributed by atoms with E-state index >= 15 is 0 Å². The minimum atomic E-state index is -1.04. The zero-order chi connectivity index (χ0) is 23.1. The Balaban J connectivity index is 1.29. The smallest absolute Gasteiger partial charge is 0.334 e. The monoisotopic (exact) mass is 460 g/mol. The summed E-state index contributed by atoms with van der Waals surface area (Å²) in [6.45, 7) is 6.65. The van der Waals surface area contributed by atoms with Crippen LogP contribution in [0.15, 0.2) is 11.1 Å². The normalized spacial score (nSPS) is 51.9. The lowest BCUT2D eigenvalue weighted by atomic mass is 9.46. The van der Waals surface area contributed by atoms with E-state index < -0.39 is 34.8 Å². The van der Waals surface area contributed by atoms with Gasteiger partial charge in [0, 0.05) is 11.0 Å². The summed E-state index contributed by atoms with van der Waals surface area (Å²) < 4.78 is 30.9. The molecule has 0 aromatic heterocycles. The topological polar surface area (TPSA) is 127 Å². The Morgan fingerprint density at radius 2 is 1.97 bits per heavy atom. The molecule has 9 atom stereocenters. The van der Waals surface area contributed by atoms with E-state index in [1.54, 1.807) is 0 Å². The summed E-state index contributed by atoms with van der Waals surface area (Å²) in [7, 11) is 0. The first-order chi connectivity index (χ1) is 15.6. The summed E-state index contributed by atoms with van der Waals surface area (Å²) in [5, 5.41) is 9.00. The van der Waals surface area contributed by atoms with E-state index in [1.165, 1.54) is 0 Å². The zero-order valence-corrected chi connectivity index (χ0v) is 18.9. The Hall–Kier alpha value is -1.97. The van der Waals surface area contributed by atoms with E-state index in [0.717, 1.165) is 17.6 Å². The molecular weight excluding hydrogens is 432 g/mol. The van der Waals surface area contributed by atoms with Gasteiger partial charge in [-0.2, -0.15) is 0 Å². The first-order valence-electron chi connectivity index (χ1n) is 12.0. The molecule has 3 saturated heterocycles. The minimum absolute atomic E-state index is 0.0632. The van der Waals surface area contributed by atoms with Crippen molar-refractivity contribution in [1.29, 1.82) is 0 Å². The predicted molar refractivity (Wildman–Crippen MR) is 108 cm³/mol. The molecule has 9 nitrogen and oxygen atoms in total. The van der Waals surface area contributed by atoms with Gasteiger partial charge in [-0.3, -0.25) is 9.59 Å². The fourth-order valence-electron chi connectivity index (χ4n) is 8.24. The second kappa shape index (κ2) is 5.80. The average molecular weight is 460 g/mol. The average Bonchev–Trinajstić information content (AvgIpc) is 3.65. The highest BCUT2D eigenvalue weighted by Gasteiger charge is 3.01. The molecule has 2 saturated carbocycles. The highest BCUT2D eigenvalue weighted by Crippen LogP contribution is 2.83. The third-order valence-electron chi connectivity index (χ3n) is 9.86. The Labute approximate surface area is 190 Å². The van der Waals surface area contributed by atoms with Gasteiger partial charge in [0.1, 0.15) is 30.0 Å². The van der Waals surface area contributed by atoms with E-state index in [9.17, 15) is 14.4 Å². The molecule has 7 aliphatic rings. The molecular formula is C24H28O9. The van der Waals surface area contributed by atoms with Crippen molar-refractivity contribution in [1.82, 2.24) is 0 Å². The van der Waals surface area contributed by atoms with Gasteiger partial charge in [-0.1, -0.05) is 20.8 Å². The number of carbonyl (C=O) groups excluding carboxylic acids is 2. The molecule has 0 amide bonds. The first kappa shape index (κ1) is 20.4. The maximum Gasteiger partial charge on any atom is 0.334 e. The number of rotatable bonds is 5. The van der Waals surface area contributed by atoms with Crippen LogP contribution < -0.4 is 0 Å². The number of aliphatic carboxylic acids is 1. The Morgan fingerprint density at radius 1 is 1.18 bits per heavy atom. The molecule has 0 aromatic carbocycles. The Morgan fingerprint density at radius 3 is 2.70 bits per heavy atom. The van der Waals surface area contributed by atoms with E-state index in [2.05, 4.69) is 6.92 Å². The van der Waals surface area contributed by atoms with Gasteiger partial charge in [-0.05, 0) is 36.7 Å². The van der Waals surface area contributed by atoms with Crippen molar-refractivity contribution in [3.05, 3.63) is 11.1 Å². The molecule has 7 rings (SSSR count). The lowest BCUT2D eigenvalue weighted by Gasteiger charge is -2.53. The molecule has 9 heteroatoms. The SMILES string of the molecule is CC(C)[C@]12O[C@H]1[C@@H]1O[C@]13[C@]1(O[C@H]1C[C@H]1C4=C(CC[C@]13C)C(=O)OC4)[C@@H]2OC(=O)CCC(=O)O. The fraction of sp³-hybridized carbons (Fsp3) is 0.792. The van der Waals surface area contributed by atoms with Crippen LogP contribution in [-0.4, -0.2) is 70.8 Å². The summed E-state index contributed by atoms with van der Waals surface area (Å²) in [5.41, 5.74) is -0.569. The predicted octanol–water partition coefficient (Wildman–Crippen LogP) is 1.52. The van der Waals surface area contributed by atoms with Crippen molar-refractivity contribution >= 4 is 17.9 Å². The van der Waals surface area contributed by atoms with Gasteiger partial charge < -0.3 is 28.8 Å². The van der Waals surface area contributed by atoms with Crippen LogP contribution in [0.25, 0.3) is 0 Å². The van der Waals surface area contributed by atoms with Crippen LogP contribution in [0.2, 0.25) is 0 Å². The second-order valence-corrected chi connectivity index (χ2v) is 11.3. The number of cyclic esters (lactones) is 1. The van der Waals surface area contributed by atoms with Gasteiger partial charge in [-0.15, -0.1) is 0 Å². The molecule has 4 aliphatic heterocycles. The van der Waals surface area contributed by atoms with E-state index in [-0.39, 0.29) is 54.4 Å². The van der Waals surface area contributed by atoms with Crippen LogP contribution in [0.3, 0.4) is 0 Å². The number of carboxylic acids is 1. The van der Waals surface area contributed by atoms with Gasteiger partial charge in [0.2, 0.25) is 0 Å². The van der Waals surface area contributed by atoms with Gasteiger partial charge in [0.15, 0.2) is 11.7 Å². The summed E-state index contributed by atoms with van der Waals surface area (Å²) in [5.74, 6) is -1.63. The van der Waals surface area contributed by atoms with Crippen molar-refractivity contribution in [2.24, 2.45) is 17.3 Å². The summed E-state index contributed by atoms with van der Waals surface area (Å²) in [4.78, 5) is 36.0. The van der Waals surface area contributed by atoms with Crippen molar-refractivity contribution in [3.63, 3.8) is 0 Å². The van der Waals surface area contributed by atoms with E-state index in [4.69, 9.17) is 28.8 Å². The number of carbonyl (C=O) groups is 3. The fourth-order valence-corrected chi connectivity index (χ4v) is 8.24. The van der Waals surface area contributed by atoms with E-state index in [1.807, 2.05) is 13.8 Å². The number of ether oxygens (including phenoxy) is 5. The Kier molecular flexibility index (Phi) is 3.59. The summed E-state index contributed by atoms with van der Waals surface area (Å²) >= 11 is 0. The molecule has 4 heterocycles. The lowest BCUT2D eigenvalue weighted by molar-refractivity contribution is -0.170. The Bertz CT molecular complexity index is 1050. The van der Waals surface area contributed by atoms with Gasteiger partial charge in [-0.25, -0.2) is 4.79 Å². The lowest BCUT2D eigenvalue weighted by Crippen LogP contribution is -2.70. The highest BCUT2D eigenvalue weighted by atomic mass is 16.8. The number of fused-ring (bicyclic) bond motifs is 4. The van der Waals surface area contributed by atoms with Crippen LogP contribution in [-0.2, 0) is 38.1 Å². The third kappa shape index (κ3) is 2.06. The first-order valence-corrected chi connectivity index (χ1v) is 12.0.